The van der Waals surface area contributed by atoms with E-state index in [0.717, 1.165) is 15.5 Å². The number of ketones is 1. The van der Waals surface area contributed by atoms with E-state index >= 15 is 0 Å². The Morgan fingerprint density at radius 2 is 1.76 bits per heavy atom. The summed E-state index contributed by atoms with van der Waals surface area (Å²) in [6, 6.07) is 20.7. The van der Waals surface area contributed by atoms with Gasteiger partial charge < -0.3 is 19.2 Å². The molecule has 1 atom stereocenters. The predicted octanol–water partition coefficient (Wildman–Crippen LogP) is 6.44. The Bertz CT molecular complexity index is 1520. The second kappa shape index (κ2) is 9.78. The number of aliphatic hydroxyl groups is 1. The summed E-state index contributed by atoms with van der Waals surface area (Å²) in [5.41, 5.74) is 2.67. The Kier molecular flexibility index (Phi) is 6.52. The molecule has 1 aliphatic heterocycles. The number of rotatable bonds is 7. The first-order chi connectivity index (χ1) is 17.8. The number of anilines is 2. The van der Waals surface area contributed by atoms with Crippen molar-refractivity contribution in [1.29, 1.82) is 0 Å². The van der Waals surface area contributed by atoms with Crippen molar-refractivity contribution in [3.05, 3.63) is 99.9 Å². The molecule has 37 heavy (non-hydrogen) atoms. The van der Waals surface area contributed by atoms with Crippen LogP contribution in [0.1, 0.15) is 29.1 Å². The maximum absolute atomic E-state index is 13.8. The summed E-state index contributed by atoms with van der Waals surface area (Å²) >= 11 is 3.43. The molecule has 7 nitrogen and oxygen atoms in total. The van der Waals surface area contributed by atoms with Gasteiger partial charge in [-0.15, -0.1) is 0 Å². The van der Waals surface area contributed by atoms with Gasteiger partial charge >= 0.3 is 0 Å². The van der Waals surface area contributed by atoms with Gasteiger partial charge in [0.15, 0.2) is 11.5 Å². The highest BCUT2D eigenvalue weighted by Gasteiger charge is 2.45. The molecule has 3 aromatic carbocycles. The molecule has 0 fully saturated rings. The summed E-state index contributed by atoms with van der Waals surface area (Å²) in [7, 11) is 3.86. The predicted molar refractivity (Wildman–Crippen MR) is 147 cm³/mol. The Morgan fingerprint density at radius 3 is 2.41 bits per heavy atom. The highest BCUT2D eigenvalue weighted by atomic mass is 79.9. The molecule has 1 N–H and O–H groups in total. The van der Waals surface area contributed by atoms with Crippen molar-refractivity contribution in [3.63, 3.8) is 0 Å². The molecule has 5 rings (SSSR count). The molecule has 0 bridgehead atoms. The van der Waals surface area contributed by atoms with Gasteiger partial charge in [-0.3, -0.25) is 14.5 Å². The summed E-state index contributed by atoms with van der Waals surface area (Å²) in [5, 5.41) is 11.8. The standard InChI is InChI=1S/C29H25BrN2O5/c1-4-36-22-12-10-21(11-13-22)32-26(17-5-8-20(9-6-17)31(2)3)25(28(34)29(32)35)27(33)24-16-18-15-19(30)7-14-23(18)37-24/h5-16,26,34H,4H2,1-3H3. The van der Waals surface area contributed by atoms with Crippen LogP contribution >= 0.6 is 15.9 Å². The fourth-order valence-corrected chi connectivity index (χ4v) is 4.88. The number of aliphatic hydroxyl groups excluding tert-OH is 1. The van der Waals surface area contributed by atoms with E-state index in [1.807, 2.05) is 62.3 Å². The van der Waals surface area contributed by atoms with E-state index in [4.69, 9.17) is 9.15 Å². The van der Waals surface area contributed by atoms with Crippen LogP contribution in [-0.4, -0.2) is 37.5 Å². The number of hydrogen-bond acceptors (Lipinski definition) is 6. The highest BCUT2D eigenvalue weighted by Crippen LogP contribution is 2.43. The average molecular weight is 561 g/mol. The summed E-state index contributed by atoms with van der Waals surface area (Å²) in [6.07, 6.45) is 0. The van der Waals surface area contributed by atoms with Crippen molar-refractivity contribution in [2.24, 2.45) is 0 Å². The van der Waals surface area contributed by atoms with Crippen molar-refractivity contribution >= 4 is 50.0 Å². The molecular formula is C29H25BrN2O5. The fraction of sp³-hybridized carbons (Fsp3) is 0.172. The van der Waals surface area contributed by atoms with Gasteiger partial charge in [-0.25, -0.2) is 0 Å². The minimum atomic E-state index is -0.853. The number of ether oxygens (including phenoxy) is 1. The number of carbonyl (C=O) groups excluding carboxylic acids is 2. The molecular weight excluding hydrogens is 536 g/mol. The van der Waals surface area contributed by atoms with Crippen LogP contribution in [0.25, 0.3) is 11.0 Å². The second-order valence-corrected chi connectivity index (χ2v) is 9.79. The molecule has 188 valence electrons. The molecule has 8 heteroatoms. The van der Waals surface area contributed by atoms with Crippen LogP contribution in [0.2, 0.25) is 0 Å². The van der Waals surface area contributed by atoms with Gasteiger partial charge in [0.25, 0.3) is 5.91 Å². The zero-order valence-electron chi connectivity index (χ0n) is 20.6. The number of benzene rings is 3. The number of nitrogens with zero attached hydrogens (tertiary/aromatic N) is 2. The van der Waals surface area contributed by atoms with Crippen molar-refractivity contribution in [3.8, 4) is 5.75 Å². The number of hydrogen-bond donors (Lipinski definition) is 1. The van der Waals surface area contributed by atoms with Crippen LogP contribution in [0, 0.1) is 0 Å². The average Bonchev–Trinajstić information content (AvgIpc) is 3.43. The largest absolute Gasteiger partial charge is 0.503 e. The van der Waals surface area contributed by atoms with Crippen molar-refractivity contribution in [2.75, 3.05) is 30.5 Å². The maximum Gasteiger partial charge on any atom is 0.294 e. The summed E-state index contributed by atoms with van der Waals surface area (Å²) in [4.78, 5) is 30.6. The Morgan fingerprint density at radius 1 is 1.05 bits per heavy atom. The summed E-state index contributed by atoms with van der Waals surface area (Å²) < 4.78 is 12.2. The Labute approximate surface area is 222 Å². The molecule has 0 radical (unpaired) electrons. The molecule has 1 aromatic heterocycles. The molecule has 0 saturated carbocycles. The molecule has 1 unspecified atom stereocenters. The van der Waals surface area contributed by atoms with Gasteiger partial charge in [0, 0.05) is 35.3 Å². The number of fused-ring (bicyclic) bond motifs is 1. The van der Waals surface area contributed by atoms with Crippen LogP contribution in [-0.2, 0) is 4.79 Å². The van der Waals surface area contributed by atoms with E-state index in [2.05, 4.69) is 15.9 Å². The zero-order valence-corrected chi connectivity index (χ0v) is 22.2. The van der Waals surface area contributed by atoms with Crippen molar-refractivity contribution < 1.29 is 23.8 Å². The van der Waals surface area contributed by atoms with E-state index in [9.17, 15) is 14.7 Å². The van der Waals surface area contributed by atoms with Crippen molar-refractivity contribution in [2.45, 2.75) is 13.0 Å². The van der Waals surface area contributed by atoms with Gasteiger partial charge in [-0.2, -0.15) is 0 Å². The van der Waals surface area contributed by atoms with E-state index in [-0.39, 0.29) is 11.3 Å². The van der Waals surface area contributed by atoms with Crippen molar-refractivity contribution in [1.82, 2.24) is 0 Å². The molecule has 4 aromatic rings. The lowest BCUT2D eigenvalue weighted by atomic mass is 9.94. The first kappa shape index (κ1) is 24.6. The Hall–Kier alpha value is -4.04. The lowest BCUT2D eigenvalue weighted by Gasteiger charge is -2.27. The quantitative estimate of drug-likeness (QED) is 0.262. The topological polar surface area (TPSA) is 83.2 Å². The lowest BCUT2D eigenvalue weighted by molar-refractivity contribution is -0.117. The number of carbonyl (C=O) groups is 2. The van der Waals surface area contributed by atoms with Crippen LogP contribution < -0.4 is 14.5 Å². The number of halogens is 1. The van der Waals surface area contributed by atoms with E-state index in [1.165, 1.54) is 4.90 Å². The molecule has 2 heterocycles. The third-order valence-corrected chi connectivity index (χ3v) is 6.80. The normalized spacial score (nSPS) is 15.5. The van der Waals surface area contributed by atoms with Crippen LogP contribution in [0.5, 0.6) is 5.75 Å². The number of furan rings is 1. The first-order valence-corrected chi connectivity index (χ1v) is 12.6. The molecule has 0 saturated heterocycles. The summed E-state index contributed by atoms with van der Waals surface area (Å²) in [5.74, 6) is -1.10. The van der Waals surface area contributed by atoms with Gasteiger partial charge in [0.1, 0.15) is 11.3 Å². The molecule has 1 amide bonds. The monoisotopic (exact) mass is 560 g/mol. The number of amides is 1. The van der Waals surface area contributed by atoms with Gasteiger partial charge in [0.2, 0.25) is 5.78 Å². The fourth-order valence-electron chi connectivity index (χ4n) is 4.50. The second-order valence-electron chi connectivity index (χ2n) is 8.87. The van der Waals surface area contributed by atoms with E-state index in [1.54, 1.807) is 36.4 Å². The SMILES string of the molecule is CCOc1ccc(N2C(=O)C(O)=C(C(=O)c3cc4cc(Br)ccc4o3)C2c2ccc(N(C)C)cc2)cc1. The Balaban J connectivity index is 1.62. The third kappa shape index (κ3) is 4.49. The van der Waals surface area contributed by atoms with Gasteiger partial charge in [-0.1, -0.05) is 28.1 Å². The molecule has 0 aliphatic carbocycles. The summed E-state index contributed by atoms with van der Waals surface area (Å²) in [6.45, 7) is 2.40. The van der Waals surface area contributed by atoms with Crippen LogP contribution in [0.15, 0.2) is 93.0 Å². The first-order valence-electron chi connectivity index (χ1n) is 11.8. The van der Waals surface area contributed by atoms with Gasteiger partial charge in [-0.05, 0) is 73.2 Å². The van der Waals surface area contributed by atoms with Crippen LogP contribution in [0.4, 0.5) is 11.4 Å². The van der Waals surface area contributed by atoms with E-state index in [0.29, 0.717) is 29.2 Å². The van der Waals surface area contributed by atoms with E-state index < -0.39 is 23.5 Å². The minimum absolute atomic E-state index is 0.0328. The van der Waals surface area contributed by atoms with Gasteiger partial charge in [0.05, 0.1) is 18.2 Å². The molecule has 0 spiro atoms. The smallest absolute Gasteiger partial charge is 0.294 e. The zero-order chi connectivity index (χ0) is 26.3. The maximum atomic E-state index is 13.8. The highest BCUT2D eigenvalue weighted by molar-refractivity contribution is 9.10. The minimum Gasteiger partial charge on any atom is -0.503 e. The molecule has 1 aliphatic rings. The lowest BCUT2D eigenvalue weighted by Crippen LogP contribution is -2.31. The number of Topliss-reactive ketones (excluding diaryl/α,β-unsaturated/α-hetero) is 1. The van der Waals surface area contributed by atoms with Crippen LogP contribution in [0.3, 0.4) is 0 Å². The third-order valence-electron chi connectivity index (χ3n) is 6.31.